The maximum Gasteiger partial charge on any atom is 0.268 e. The van der Waals surface area contributed by atoms with Crippen LogP contribution in [0, 0.1) is 13.8 Å². The Balaban J connectivity index is 2.58. The van der Waals surface area contributed by atoms with E-state index in [1.165, 1.54) is 4.68 Å². The van der Waals surface area contributed by atoms with Crippen molar-refractivity contribution in [1.29, 1.82) is 0 Å². The maximum absolute atomic E-state index is 12.0. The van der Waals surface area contributed by atoms with Crippen LogP contribution in [0.4, 0.5) is 0 Å². The lowest BCUT2D eigenvalue weighted by molar-refractivity contribution is 0.127. The third kappa shape index (κ3) is 1.61. The van der Waals surface area contributed by atoms with Crippen molar-refractivity contribution < 1.29 is 5.11 Å². The fourth-order valence-corrected chi connectivity index (χ4v) is 2.21. The summed E-state index contributed by atoms with van der Waals surface area (Å²) in [6.45, 7) is 3.27. The Kier molecular flexibility index (Phi) is 2.71. The first-order valence-corrected chi connectivity index (χ1v) is 5.52. The van der Waals surface area contributed by atoms with Crippen molar-refractivity contribution in [2.75, 3.05) is 0 Å². The number of nitrogens with zero attached hydrogens (tertiary/aromatic N) is 1. The summed E-state index contributed by atoms with van der Waals surface area (Å²) < 4.78 is 1.29. The molecule has 1 saturated carbocycles. The second kappa shape index (κ2) is 3.90. The SMILES string of the molecule is Cc1c(C)c(=O)n([C@H]2CCC[C@@H]2O)[nH]c1=O. The van der Waals surface area contributed by atoms with Gasteiger partial charge in [0, 0.05) is 11.1 Å². The van der Waals surface area contributed by atoms with Gasteiger partial charge in [-0.2, -0.15) is 0 Å². The lowest BCUT2D eigenvalue weighted by atomic mass is 10.2. The average Bonchev–Trinajstić information content (AvgIpc) is 2.67. The molecule has 5 heteroatoms. The molecule has 2 atom stereocenters. The van der Waals surface area contributed by atoms with E-state index in [0.29, 0.717) is 17.5 Å². The number of aliphatic hydroxyl groups excluding tert-OH is 1. The highest BCUT2D eigenvalue weighted by Gasteiger charge is 2.28. The lowest BCUT2D eigenvalue weighted by Gasteiger charge is -2.18. The number of hydrogen-bond donors (Lipinski definition) is 2. The van der Waals surface area contributed by atoms with E-state index < -0.39 is 6.10 Å². The predicted molar refractivity (Wildman–Crippen MR) is 59.7 cm³/mol. The molecule has 0 aromatic carbocycles. The topological polar surface area (TPSA) is 75.1 Å². The molecule has 5 nitrogen and oxygen atoms in total. The lowest BCUT2D eigenvalue weighted by Crippen LogP contribution is -2.38. The second-order valence-corrected chi connectivity index (χ2v) is 4.43. The zero-order valence-corrected chi connectivity index (χ0v) is 9.49. The van der Waals surface area contributed by atoms with Gasteiger partial charge in [0.1, 0.15) is 0 Å². The van der Waals surface area contributed by atoms with E-state index in [-0.39, 0.29) is 17.2 Å². The number of aromatic amines is 1. The Morgan fingerprint density at radius 2 is 1.94 bits per heavy atom. The van der Waals surface area contributed by atoms with E-state index in [9.17, 15) is 14.7 Å². The van der Waals surface area contributed by atoms with Gasteiger partial charge in [-0.05, 0) is 33.1 Å². The largest absolute Gasteiger partial charge is 0.391 e. The highest BCUT2D eigenvalue weighted by atomic mass is 16.3. The first-order valence-electron chi connectivity index (χ1n) is 5.52. The summed E-state index contributed by atoms with van der Waals surface area (Å²) in [6, 6.07) is -0.278. The summed E-state index contributed by atoms with van der Waals surface area (Å²) in [5, 5.41) is 12.3. The van der Waals surface area contributed by atoms with Crippen molar-refractivity contribution in [3.63, 3.8) is 0 Å². The summed E-state index contributed by atoms with van der Waals surface area (Å²) in [6.07, 6.45) is 1.77. The van der Waals surface area contributed by atoms with Gasteiger partial charge in [0.05, 0.1) is 12.1 Å². The van der Waals surface area contributed by atoms with Crippen LogP contribution < -0.4 is 11.1 Å². The van der Waals surface area contributed by atoms with Gasteiger partial charge in [-0.25, -0.2) is 4.68 Å². The number of hydrogen-bond acceptors (Lipinski definition) is 3. The summed E-state index contributed by atoms with van der Waals surface area (Å²) in [4.78, 5) is 23.5. The third-order valence-electron chi connectivity index (χ3n) is 3.44. The number of aromatic nitrogens is 2. The van der Waals surface area contributed by atoms with Gasteiger partial charge in [0.15, 0.2) is 0 Å². The van der Waals surface area contributed by atoms with Gasteiger partial charge < -0.3 is 5.11 Å². The molecule has 0 spiro atoms. The Labute approximate surface area is 92.7 Å². The van der Waals surface area contributed by atoms with Crippen molar-refractivity contribution in [3.05, 3.63) is 31.8 Å². The van der Waals surface area contributed by atoms with Crippen LogP contribution in [0.2, 0.25) is 0 Å². The molecule has 0 aliphatic heterocycles. The van der Waals surface area contributed by atoms with Crippen molar-refractivity contribution in [2.45, 2.75) is 45.3 Å². The minimum atomic E-state index is -0.532. The van der Waals surface area contributed by atoms with Crippen LogP contribution in [-0.2, 0) is 0 Å². The highest BCUT2D eigenvalue weighted by Crippen LogP contribution is 2.27. The Hall–Kier alpha value is -1.36. The minimum Gasteiger partial charge on any atom is -0.391 e. The second-order valence-electron chi connectivity index (χ2n) is 4.43. The van der Waals surface area contributed by atoms with Crippen molar-refractivity contribution in [3.8, 4) is 0 Å². The minimum absolute atomic E-state index is 0.206. The molecule has 88 valence electrons. The maximum atomic E-state index is 12.0. The van der Waals surface area contributed by atoms with E-state index >= 15 is 0 Å². The fraction of sp³-hybridized carbons (Fsp3) is 0.636. The first-order chi connectivity index (χ1) is 7.52. The normalized spacial score (nSPS) is 24.9. The van der Waals surface area contributed by atoms with Gasteiger partial charge in [-0.1, -0.05) is 0 Å². The van der Waals surface area contributed by atoms with E-state index in [0.717, 1.165) is 12.8 Å². The number of nitrogens with one attached hydrogen (secondary N) is 1. The molecule has 0 unspecified atom stereocenters. The Morgan fingerprint density at radius 3 is 2.50 bits per heavy atom. The molecular weight excluding hydrogens is 208 g/mol. The molecule has 2 rings (SSSR count). The molecule has 2 N–H and O–H groups in total. The van der Waals surface area contributed by atoms with Gasteiger partial charge in [-0.15, -0.1) is 0 Å². The van der Waals surface area contributed by atoms with Gasteiger partial charge >= 0.3 is 0 Å². The molecule has 1 aromatic heterocycles. The summed E-state index contributed by atoms with van der Waals surface area (Å²) in [5.74, 6) is 0. The standard InChI is InChI=1S/C11H16N2O3/c1-6-7(2)11(16)13(12-10(6)15)8-4-3-5-9(8)14/h8-9,14H,3-5H2,1-2H3,(H,12,15)/t8-,9-/m0/s1. The van der Waals surface area contributed by atoms with Crippen LogP contribution in [0.3, 0.4) is 0 Å². The van der Waals surface area contributed by atoms with Crippen molar-refractivity contribution in [2.24, 2.45) is 0 Å². The number of H-pyrrole nitrogens is 1. The monoisotopic (exact) mass is 224 g/mol. The molecular formula is C11H16N2O3. The van der Waals surface area contributed by atoms with E-state index in [2.05, 4.69) is 5.10 Å². The summed E-state index contributed by atoms with van der Waals surface area (Å²) in [5.41, 5.74) is 0.454. The van der Waals surface area contributed by atoms with Gasteiger partial charge in [0.2, 0.25) is 0 Å². The van der Waals surface area contributed by atoms with Gasteiger partial charge in [0.25, 0.3) is 11.1 Å². The number of rotatable bonds is 1. The van der Waals surface area contributed by atoms with Crippen LogP contribution in [0.25, 0.3) is 0 Å². The number of aliphatic hydroxyl groups is 1. The predicted octanol–water partition coefficient (Wildman–Crippen LogP) is 0.239. The molecule has 0 saturated heterocycles. The fourth-order valence-electron chi connectivity index (χ4n) is 2.21. The van der Waals surface area contributed by atoms with Crippen LogP contribution >= 0.6 is 0 Å². The van der Waals surface area contributed by atoms with Crippen LogP contribution in [0.15, 0.2) is 9.59 Å². The molecule has 0 bridgehead atoms. The Morgan fingerprint density at radius 1 is 1.25 bits per heavy atom. The Bertz CT molecular complexity index is 515. The van der Waals surface area contributed by atoms with Crippen LogP contribution in [0.1, 0.15) is 36.4 Å². The molecule has 1 aromatic rings. The van der Waals surface area contributed by atoms with E-state index in [4.69, 9.17) is 0 Å². The zero-order chi connectivity index (χ0) is 11.9. The third-order valence-corrected chi connectivity index (χ3v) is 3.44. The molecule has 1 aliphatic carbocycles. The zero-order valence-electron chi connectivity index (χ0n) is 9.49. The van der Waals surface area contributed by atoms with Crippen LogP contribution in [-0.4, -0.2) is 21.0 Å². The molecule has 1 fully saturated rings. The molecule has 0 amide bonds. The summed E-state index contributed by atoms with van der Waals surface area (Å²) in [7, 11) is 0. The van der Waals surface area contributed by atoms with Crippen molar-refractivity contribution in [1.82, 2.24) is 9.78 Å². The quantitative estimate of drug-likeness (QED) is 0.717. The van der Waals surface area contributed by atoms with E-state index in [1.807, 2.05) is 0 Å². The van der Waals surface area contributed by atoms with Crippen molar-refractivity contribution >= 4 is 0 Å². The van der Waals surface area contributed by atoms with Gasteiger partial charge in [-0.3, -0.25) is 14.7 Å². The smallest absolute Gasteiger partial charge is 0.268 e. The first kappa shape index (κ1) is 11.1. The molecule has 1 aliphatic rings. The molecule has 1 heterocycles. The van der Waals surface area contributed by atoms with Crippen LogP contribution in [0.5, 0.6) is 0 Å². The highest BCUT2D eigenvalue weighted by molar-refractivity contribution is 5.17. The summed E-state index contributed by atoms with van der Waals surface area (Å²) >= 11 is 0. The molecule has 16 heavy (non-hydrogen) atoms. The molecule has 0 radical (unpaired) electrons. The average molecular weight is 224 g/mol. The van der Waals surface area contributed by atoms with E-state index in [1.54, 1.807) is 13.8 Å².